The fraction of sp³-hybridized carbons (Fsp3) is 0.238. The molecule has 0 saturated heterocycles. The lowest BCUT2D eigenvalue weighted by Gasteiger charge is -1.84. The molecule has 0 aliphatic heterocycles. The highest BCUT2D eigenvalue weighted by Crippen LogP contribution is 1.94. The molecule has 0 rings (SSSR count). The molecule has 0 aliphatic rings. The second-order valence-corrected chi connectivity index (χ2v) is 5.11. The van der Waals surface area contributed by atoms with Crippen LogP contribution in [0.25, 0.3) is 0 Å². The summed E-state index contributed by atoms with van der Waals surface area (Å²) in [6, 6.07) is 0. The van der Waals surface area contributed by atoms with E-state index in [0.29, 0.717) is 0 Å². The molecule has 0 amide bonds. The van der Waals surface area contributed by atoms with Gasteiger partial charge in [-0.2, -0.15) is 0 Å². The summed E-state index contributed by atoms with van der Waals surface area (Å²) in [5.41, 5.74) is 2.66. The van der Waals surface area contributed by atoms with E-state index in [9.17, 15) is 0 Å². The minimum Gasteiger partial charge on any atom is -0.0821 e. The first-order chi connectivity index (χ1) is 10.1. The Kier molecular flexibility index (Phi) is 12.9. The Hall–Kier alpha value is -2.08. The maximum absolute atomic E-state index is 2.21. The van der Waals surface area contributed by atoms with Gasteiger partial charge in [-0.1, -0.05) is 96.2 Å². The molecular formula is C21H28. The van der Waals surface area contributed by atoms with Crippen molar-refractivity contribution in [1.29, 1.82) is 0 Å². The second-order valence-electron chi connectivity index (χ2n) is 5.11. The van der Waals surface area contributed by atoms with Crippen molar-refractivity contribution in [3.05, 3.63) is 96.2 Å². The highest BCUT2D eigenvalue weighted by atomic mass is 13.8. The molecule has 0 heteroatoms. The van der Waals surface area contributed by atoms with Crippen LogP contribution in [0.2, 0.25) is 0 Å². The zero-order valence-corrected chi connectivity index (χ0v) is 13.8. The normalized spacial score (nSPS) is 12.8. The summed E-state index contributed by atoms with van der Waals surface area (Å²) in [5.74, 6) is 0. The Bertz CT molecular complexity index is 478. The number of hydrogen-bond acceptors (Lipinski definition) is 0. The minimum atomic E-state index is 1.00. The molecule has 0 heterocycles. The van der Waals surface area contributed by atoms with Crippen molar-refractivity contribution < 1.29 is 0 Å². The average Bonchev–Trinajstić information content (AvgIpc) is 2.42. The van der Waals surface area contributed by atoms with Crippen LogP contribution in [-0.4, -0.2) is 0 Å². The molecule has 0 spiro atoms. The van der Waals surface area contributed by atoms with Crippen LogP contribution in [-0.2, 0) is 0 Å². The first-order valence-corrected chi connectivity index (χ1v) is 7.39. The van der Waals surface area contributed by atoms with Gasteiger partial charge in [0, 0.05) is 0 Å². The van der Waals surface area contributed by atoms with Crippen LogP contribution in [0.5, 0.6) is 0 Å². The topological polar surface area (TPSA) is 0 Å². The van der Waals surface area contributed by atoms with Gasteiger partial charge in [0.25, 0.3) is 0 Å². The Morgan fingerprint density at radius 3 is 1.38 bits per heavy atom. The van der Waals surface area contributed by atoms with Crippen molar-refractivity contribution in [3.63, 3.8) is 0 Å². The maximum Gasteiger partial charge on any atom is -0.0164 e. The molecule has 0 saturated carbocycles. The maximum atomic E-state index is 2.21. The molecule has 0 radical (unpaired) electrons. The molecule has 0 bridgehead atoms. The molecule has 0 aromatic rings. The molecule has 0 nitrogen and oxygen atoms in total. The molecule has 0 aromatic carbocycles. The lowest BCUT2D eigenvalue weighted by atomic mass is 10.2. The minimum absolute atomic E-state index is 1.00. The predicted octanol–water partition coefficient (Wildman–Crippen LogP) is 6.65. The largest absolute Gasteiger partial charge is 0.0821 e. The van der Waals surface area contributed by atoms with Crippen molar-refractivity contribution in [2.24, 2.45) is 0 Å². The van der Waals surface area contributed by atoms with Gasteiger partial charge >= 0.3 is 0 Å². The van der Waals surface area contributed by atoms with Crippen molar-refractivity contribution in [3.8, 4) is 0 Å². The summed E-state index contributed by atoms with van der Waals surface area (Å²) in [6.07, 6.45) is 29.8. The van der Waals surface area contributed by atoms with Crippen LogP contribution in [0.4, 0.5) is 0 Å². The van der Waals surface area contributed by atoms with E-state index in [1.54, 1.807) is 0 Å². The molecular weight excluding hydrogens is 252 g/mol. The predicted molar refractivity (Wildman–Crippen MR) is 98.3 cm³/mol. The van der Waals surface area contributed by atoms with Gasteiger partial charge in [-0.05, 0) is 34.1 Å². The van der Waals surface area contributed by atoms with Gasteiger partial charge in [0.1, 0.15) is 0 Å². The number of rotatable bonds is 8. The van der Waals surface area contributed by atoms with Crippen LogP contribution >= 0.6 is 0 Å². The fourth-order valence-electron chi connectivity index (χ4n) is 1.29. The van der Waals surface area contributed by atoms with Gasteiger partial charge in [0.05, 0.1) is 0 Å². The van der Waals surface area contributed by atoms with Gasteiger partial charge in [-0.25, -0.2) is 0 Å². The van der Waals surface area contributed by atoms with Crippen molar-refractivity contribution in [2.75, 3.05) is 0 Å². The first kappa shape index (κ1) is 18.9. The summed E-state index contributed by atoms with van der Waals surface area (Å²) in [5, 5.41) is 0. The lowest BCUT2D eigenvalue weighted by molar-refractivity contribution is 1.28. The highest BCUT2D eigenvalue weighted by molar-refractivity contribution is 5.21. The molecule has 112 valence electrons. The quantitative estimate of drug-likeness (QED) is 0.345. The standard InChI is InChI=1S/C21H28/c1-20(2)18-16-14-12-10-8-6-5-7-9-11-13-15-17-19-21(3)4/h5-16,18-19H,17H2,1-4H3. The fourth-order valence-corrected chi connectivity index (χ4v) is 1.29. The molecule has 0 aromatic heterocycles. The van der Waals surface area contributed by atoms with E-state index in [0.717, 1.165) is 6.42 Å². The van der Waals surface area contributed by atoms with Gasteiger partial charge in [-0.3, -0.25) is 0 Å². The Morgan fingerprint density at radius 2 is 0.952 bits per heavy atom. The van der Waals surface area contributed by atoms with E-state index in [1.807, 2.05) is 60.8 Å². The van der Waals surface area contributed by atoms with Crippen LogP contribution in [0.1, 0.15) is 34.1 Å². The van der Waals surface area contributed by atoms with E-state index in [-0.39, 0.29) is 0 Å². The molecule has 0 N–H and O–H groups in total. The molecule has 21 heavy (non-hydrogen) atoms. The summed E-state index contributed by atoms with van der Waals surface area (Å²) in [7, 11) is 0. The van der Waals surface area contributed by atoms with Crippen LogP contribution in [0, 0.1) is 0 Å². The second kappa shape index (κ2) is 14.3. The van der Waals surface area contributed by atoms with E-state index in [2.05, 4.69) is 52.0 Å². The third-order valence-electron chi connectivity index (χ3n) is 2.34. The first-order valence-electron chi connectivity index (χ1n) is 7.39. The monoisotopic (exact) mass is 280 g/mol. The van der Waals surface area contributed by atoms with Crippen molar-refractivity contribution in [2.45, 2.75) is 34.1 Å². The van der Waals surface area contributed by atoms with E-state index in [4.69, 9.17) is 0 Å². The zero-order valence-electron chi connectivity index (χ0n) is 13.8. The van der Waals surface area contributed by atoms with Gasteiger partial charge in [0.15, 0.2) is 0 Å². The van der Waals surface area contributed by atoms with Gasteiger partial charge in [0.2, 0.25) is 0 Å². The van der Waals surface area contributed by atoms with Crippen molar-refractivity contribution in [1.82, 2.24) is 0 Å². The van der Waals surface area contributed by atoms with E-state index in [1.165, 1.54) is 11.1 Å². The van der Waals surface area contributed by atoms with Crippen LogP contribution in [0.15, 0.2) is 96.2 Å². The summed E-state index contributed by atoms with van der Waals surface area (Å²) < 4.78 is 0. The third kappa shape index (κ3) is 17.9. The van der Waals surface area contributed by atoms with Gasteiger partial charge < -0.3 is 0 Å². The van der Waals surface area contributed by atoms with Crippen LogP contribution in [0.3, 0.4) is 0 Å². The molecule has 0 fully saturated rings. The molecule has 0 aliphatic carbocycles. The Balaban J connectivity index is 3.88. The number of allylic oxidation sites excluding steroid dienone is 16. The highest BCUT2D eigenvalue weighted by Gasteiger charge is 1.73. The van der Waals surface area contributed by atoms with Gasteiger partial charge in [-0.15, -0.1) is 0 Å². The summed E-state index contributed by atoms with van der Waals surface area (Å²) in [6.45, 7) is 8.40. The molecule has 0 unspecified atom stereocenters. The van der Waals surface area contributed by atoms with Crippen LogP contribution < -0.4 is 0 Å². The summed E-state index contributed by atoms with van der Waals surface area (Å²) in [4.78, 5) is 0. The zero-order chi connectivity index (χ0) is 15.8. The Morgan fingerprint density at radius 1 is 0.524 bits per heavy atom. The Labute approximate surface area is 131 Å². The third-order valence-corrected chi connectivity index (χ3v) is 2.34. The SMILES string of the molecule is CC(C)=CC=CC=CC=CC=CC=CC=CCC=C(C)C. The molecule has 0 atom stereocenters. The van der Waals surface area contributed by atoms with Crippen molar-refractivity contribution >= 4 is 0 Å². The smallest absolute Gasteiger partial charge is 0.0164 e. The number of hydrogen-bond donors (Lipinski definition) is 0. The average molecular weight is 280 g/mol. The summed E-state index contributed by atoms with van der Waals surface area (Å²) >= 11 is 0. The van der Waals surface area contributed by atoms with E-state index >= 15 is 0 Å². The van der Waals surface area contributed by atoms with E-state index < -0.39 is 0 Å². The lowest BCUT2D eigenvalue weighted by Crippen LogP contribution is -1.62.